The molecule has 1 rings (SSSR count). The number of nitrogens with one attached hydrogen (secondary N) is 1. The van der Waals surface area contributed by atoms with Crippen LogP contribution in [0.4, 0.5) is 17.3 Å². The Morgan fingerprint density at radius 1 is 1.38 bits per heavy atom. The number of halogens is 4. The van der Waals surface area contributed by atoms with E-state index in [1.807, 2.05) is 0 Å². The van der Waals surface area contributed by atoms with Crippen molar-refractivity contribution in [2.24, 2.45) is 0 Å². The first-order valence-corrected chi connectivity index (χ1v) is 4.19. The van der Waals surface area contributed by atoms with Crippen molar-refractivity contribution in [2.45, 2.75) is 0 Å². The van der Waals surface area contributed by atoms with E-state index in [2.05, 4.69) is 4.84 Å². The first-order chi connectivity index (χ1) is 7.36. The minimum Gasteiger partial charge on any atom is -0.445 e. The molecule has 8 heteroatoms. The van der Waals surface area contributed by atoms with Crippen molar-refractivity contribution in [3.05, 3.63) is 29.6 Å². The van der Waals surface area contributed by atoms with E-state index in [0.717, 1.165) is 13.2 Å². The molecule has 0 spiro atoms. The van der Waals surface area contributed by atoms with Gasteiger partial charge >= 0.3 is 6.98 Å². The van der Waals surface area contributed by atoms with E-state index in [9.17, 15) is 22.1 Å². The maximum absolute atomic E-state index is 13.1. The third-order valence-corrected chi connectivity index (χ3v) is 1.81. The van der Waals surface area contributed by atoms with Crippen LogP contribution in [0, 0.1) is 5.82 Å². The Kier molecular flexibility index (Phi) is 3.53. The van der Waals surface area contributed by atoms with Gasteiger partial charge in [-0.2, -0.15) is 0 Å². The van der Waals surface area contributed by atoms with Gasteiger partial charge < -0.3 is 12.9 Å². The Hall–Kier alpha value is -1.57. The molecular weight excluding hydrogens is 229 g/mol. The normalized spacial score (nSPS) is 11.3. The molecule has 0 radical (unpaired) electrons. The molecule has 88 valence electrons. The Balaban J connectivity index is 3.05. The lowest BCUT2D eigenvalue weighted by atomic mass is 9.80. The lowest BCUT2D eigenvalue weighted by molar-refractivity contribution is 0.0533. The number of hydroxylamine groups is 1. The summed E-state index contributed by atoms with van der Waals surface area (Å²) >= 11 is 0. The largest absolute Gasteiger partial charge is 0.509 e. The molecule has 0 aromatic heterocycles. The first-order valence-electron chi connectivity index (χ1n) is 4.19. The number of hydrogen-bond acceptors (Lipinski definition) is 2. The average molecular weight is 236 g/mol. The summed E-state index contributed by atoms with van der Waals surface area (Å²) < 4.78 is 49.8. The van der Waals surface area contributed by atoms with Crippen molar-refractivity contribution >= 4 is 18.3 Å². The van der Waals surface area contributed by atoms with Crippen LogP contribution in [0.5, 0.6) is 0 Å². The van der Waals surface area contributed by atoms with Crippen molar-refractivity contribution in [1.82, 2.24) is 5.48 Å². The minimum atomic E-state index is -5.27. The van der Waals surface area contributed by atoms with E-state index >= 15 is 0 Å². The van der Waals surface area contributed by atoms with Gasteiger partial charge in [0, 0.05) is 0 Å². The molecule has 1 N–H and O–H groups in total. The highest BCUT2D eigenvalue weighted by Gasteiger charge is 2.26. The maximum atomic E-state index is 13.1. The van der Waals surface area contributed by atoms with Gasteiger partial charge in [0.2, 0.25) is 0 Å². The Morgan fingerprint density at radius 3 is 2.44 bits per heavy atom. The first kappa shape index (κ1) is 12.5. The maximum Gasteiger partial charge on any atom is 0.509 e. The van der Waals surface area contributed by atoms with E-state index in [1.165, 1.54) is 0 Å². The number of carbonyl (C=O) groups excluding carboxylic acids is 1. The molecule has 0 aliphatic heterocycles. The molecule has 1 amide bonds. The van der Waals surface area contributed by atoms with E-state index in [1.54, 1.807) is 5.48 Å². The van der Waals surface area contributed by atoms with E-state index in [-0.39, 0.29) is 6.07 Å². The van der Waals surface area contributed by atoms with Crippen LogP contribution >= 0.6 is 0 Å². The van der Waals surface area contributed by atoms with E-state index < -0.39 is 29.7 Å². The van der Waals surface area contributed by atoms with Gasteiger partial charge in [-0.3, -0.25) is 9.63 Å². The van der Waals surface area contributed by atoms with Crippen molar-refractivity contribution in [3.63, 3.8) is 0 Å². The third-order valence-electron chi connectivity index (χ3n) is 1.81. The molecule has 3 nitrogen and oxygen atoms in total. The van der Waals surface area contributed by atoms with Crippen LogP contribution in [-0.4, -0.2) is 20.0 Å². The molecule has 0 saturated carbocycles. The van der Waals surface area contributed by atoms with Gasteiger partial charge in [0.1, 0.15) is 5.82 Å². The summed E-state index contributed by atoms with van der Waals surface area (Å²) in [6, 6.07) is 1.69. The highest BCUT2D eigenvalue weighted by Crippen LogP contribution is 2.12. The number of benzene rings is 1. The fourth-order valence-electron chi connectivity index (χ4n) is 1.07. The lowest BCUT2D eigenvalue weighted by Crippen LogP contribution is -2.35. The summed E-state index contributed by atoms with van der Waals surface area (Å²) in [7, 11) is 1.13. The molecule has 0 atom stereocenters. The van der Waals surface area contributed by atoms with Crippen LogP contribution in [0.3, 0.4) is 0 Å². The standard InChI is InChI=1S/C8H7BF4NO2/c1-16-14-8(15)6-3-2-5(4-7(6)10)9(11,12)13/h2-4H,1H3,(H,14,15)/q-1. The molecular formula is C8H7BF4NO2-. The smallest absolute Gasteiger partial charge is 0.445 e. The molecule has 0 bridgehead atoms. The minimum absolute atomic E-state index is 0.282. The topological polar surface area (TPSA) is 38.3 Å². The van der Waals surface area contributed by atoms with Crippen LogP contribution in [0.2, 0.25) is 0 Å². The Morgan fingerprint density at radius 2 is 2.00 bits per heavy atom. The van der Waals surface area contributed by atoms with Gasteiger partial charge in [0.15, 0.2) is 0 Å². The van der Waals surface area contributed by atoms with Crippen molar-refractivity contribution < 1.29 is 27.0 Å². The third kappa shape index (κ3) is 2.72. The molecule has 0 fully saturated rings. The SMILES string of the molecule is CONC(=O)c1ccc([B-](F)(F)F)cc1F. The second-order valence-electron chi connectivity index (χ2n) is 2.95. The van der Waals surface area contributed by atoms with E-state index in [4.69, 9.17) is 0 Å². The van der Waals surface area contributed by atoms with Gasteiger partial charge in [-0.25, -0.2) is 9.87 Å². The van der Waals surface area contributed by atoms with Crippen molar-refractivity contribution in [2.75, 3.05) is 7.11 Å². The summed E-state index contributed by atoms with van der Waals surface area (Å²) in [5.74, 6) is -2.19. The quantitative estimate of drug-likeness (QED) is 0.486. The summed E-state index contributed by atoms with van der Waals surface area (Å²) in [6.45, 7) is -5.27. The Labute approximate surface area is 88.4 Å². The fraction of sp³-hybridized carbons (Fsp3) is 0.125. The Bertz CT molecular complexity index is 408. The molecule has 0 heterocycles. The van der Waals surface area contributed by atoms with Crippen LogP contribution in [-0.2, 0) is 4.84 Å². The predicted octanol–water partition coefficient (Wildman–Crippen LogP) is 1.17. The molecule has 1 aromatic rings. The van der Waals surface area contributed by atoms with Gasteiger partial charge in [-0.1, -0.05) is 12.1 Å². The van der Waals surface area contributed by atoms with Crippen LogP contribution in [0.1, 0.15) is 10.4 Å². The van der Waals surface area contributed by atoms with Gasteiger partial charge in [-0.05, 0) is 6.07 Å². The summed E-state index contributed by atoms with van der Waals surface area (Å²) in [5, 5.41) is 0. The second kappa shape index (κ2) is 4.52. The average Bonchev–Trinajstić information content (AvgIpc) is 2.16. The van der Waals surface area contributed by atoms with Crippen molar-refractivity contribution in [3.8, 4) is 0 Å². The van der Waals surface area contributed by atoms with E-state index in [0.29, 0.717) is 6.07 Å². The molecule has 1 aromatic carbocycles. The lowest BCUT2D eigenvalue weighted by Gasteiger charge is -2.15. The summed E-state index contributed by atoms with van der Waals surface area (Å²) in [6.07, 6.45) is 0. The zero-order valence-corrected chi connectivity index (χ0v) is 8.14. The highest BCUT2D eigenvalue weighted by molar-refractivity contribution is 6.73. The van der Waals surface area contributed by atoms with Crippen LogP contribution < -0.4 is 10.9 Å². The molecule has 0 unspecified atom stereocenters. The molecule has 16 heavy (non-hydrogen) atoms. The number of rotatable bonds is 3. The number of amides is 1. The molecule has 0 aliphatic rings. The zero-order chi connectivity index (χ0) is 12.3. The van der Waals surface area contributed by atoms with Gasteiger partial charge in [0.05, 0.1) is 12.7 Å². The van der Waals surface area contributed by atoms with Gasteiger partial charge in [-0.15, -0.1) is 5.46 Å². The number of carbonyl (C=O) groups is 1. The zero-order valence-electron chi connectivity index (χ0n) is 8.14. The second-order valence-corrected chi connectivity index (χ2v) is 2.95. The van der Waals surface area contributed by atoms with Crippen LogP contribution in [0.15, 0.2) is 18.2 Å². The fourth-order valence-corrected chi connectivity index (χ4v) is 1.07. The molecule has 0 saturated heterocycles. The van der Waals surface area contributed by atoms with Gasteiger partial charge in [0.25, 0.3) is 5.91 Å². The predicted molar refractivity (Wildman–Crippen MR) is 49.6 cm³/mol. The van der Waals surface area contributed by atoms with Crippen LogP contribution in [0.25, 0.3) is 0 Å². The highest BCUT2D eigenvalue weighted by atomic mass is 19.4. The summed E-state index contributed by atoms with van der Waals surface area (Å²) in [5.41, 5.74) is 0.206. The monoisotopic (exact) mass is 236 g/mol. The number of hydrogen-bond donors (Lipinski definition) is 1. The summed E-state index contributed by atoms with van der Waals surface area (Å²) in [4.78, 5) is 15.3. The molecule has 0 aliphatic carbocycles. The van der Waals surface area contributed by atoms with Crippen molar-refractivity contribution in [1.29, 1.82) is 0 Å².